The molecule has 0 radical (unpaired) electrons. The summed E-state index contributed by atoms with van der Waals surface area (Å²) in [6.07, 6.45) is 0. The van der Waals surface area contributed by atoms with E-state index in [0.717, 1.165) is 38.5 Å². The van der Waals surface area contributed by atoms with Crippen LogP contribution in [-0.2, 0) is 4.74 Å². The van der Waals surface area contributed by atoms with Gasteiger partial charge in [-0.15, -0.1) is 0 Å². The Labute approximate surface area is 122 Å². The van der Waals surface area contributed by atoms with Gasteiger partial charge in [0.2, 0.25) is 0 Å². The molecule has 112 valence electrons. The number of benzene rings is 1. The van der Waals surface area contributed by atoms with Gasteiger partial charge in [0.15, 0.2) is 0 Å². The zero-order valence-electron chi connectivity index (χ0n) is 12.6. The van der Waals surface area contributed by atoms with E-state index in [4.69, 9.17) is 9.47 Å². The third kappa shape index (κ3) is 5.02. The van der Waals surface area contributed by atoms with Crippen LogP contribution in [0.5, 0.6) is 5.75 Å². The Kier molecular flexibility index (Phi) is 6.15. The molecule has 1 aliphatic rings. The molecular formula is C16H26N2O2. The minimum Gasteiger partial charge on any atom is -0.491 e. The van der Waals surface area contributed by atoms with Gasteiger partial charge in [-0.25, -0.2) is 0 Å². The van der Waals surface area contributed by atoms with Gasteiger partial charge in [0.05, 0.1) is 6.61 Å². The fourth-order valence-corrected chi connectivity index (χ4v) is 2.23. The summed E-state index contributed by atoms with van der Waals surface area (Å²) >= 11 is 0. The number of hydrogen-bond donors (Lipinski definition) is 1. The van der Waals surface area contributed by atoms with Crippen molar-refractivity contribution in [2.45, 2.75) is 13.8 Å². The van der Waals surface area contributed by atoms with Gasteiger partial charge in [-0.05, 0) is 18.1 Å². The number of nitrogens with one attached hydrogen (secondary N) is 1. The second kappa shape index (κ2) is 8.12. The molecule has 2 rings (SSSR count). The molecule has 1 aromatic rings. The molecule has 0 bridgehead atoms. The van der Waals surface area contributed by atoms with Crippen molar-refractivity contribution in [3.63, 3.8) is 0 Å². The first-order chi connectivity index (χ1) is 9.75. The van der Waals surface area contributed by atoms with Gasteiger partial charge < -0.3 is 19.7 Å². The van der Waals surface area contributed by atoms with Crippen molar-refractivity contribution in [2.24, 2.45) is 5.92 Å². The molecule has 1 heterocycles. The van der Waals surface area contributed by atoms with Crippen molar-refractivity contribution in [3.05, 3.63) is 24.3 Å². The lowest BCUT2D eigenvalue weighted by molar-refractivity contribution is 0.0819. The van der Waals surface area contributed by atoms with Gasteiger partial charge in [-0.1, -0.05) is 19.9 Å². The molecule has 1 aliphatic heterocycles. The average molecular weight is 278 g/mol. The first-order valence-electron chi connectivity index (χ1n) is 7.52. The van der Waals surface area contributed by atoms with Crippen LogP contribution in [0.4, 0.5) is 5.69 Å². The molecule has 0 saturated carbocycles. The highest BCUT2D eigenvalue weighted by atomic mass is 16.5. The quantitative estimate of drug-likeness (QED) is 0.775. The van der Waals surface area contributed by atoms with Crippen molar-refractivity contribution in [2.75, 3.05) is 50.9 Å². The second-order valence-electron chi connectivity index (χ2n) is 5.55. The molecule has 4 heteroatoms. The summed E-state index contributed by atoms with van der Waals surface area (Å²) in [6, 6.07) is 8.33. The Morgan fingerprint density at radius 1 is 1.20 bits per heavy atom. The predicted octanol–water partition coefficient (Wildman–Crippen LogP) is 2.15. The van der Waals surface area contributed by atoms with E-state index in [1.165, 1.54) is 5.69 Å². The Balaban J connectivity index is 1.77. The predicted molar refractivity (Wildman–Crippen MR) is 82.7 cm³/mol. The van der Waals surface area contributed by atoms with Gasteiger partial charge in [0, 0.05) is 44.5 Å². The van der Waals surface area contributed by atoms with E-state index >= 15 is 0 Å². The summed E-state index contributed by atoms with van der Waals surface area (Å²) in [5.74, 6) is 1.50. The standard InChI is InChI=1S/C16H26N2O2/c1-14(2)13-19-10-11-20-16-5-3-4-15(12-16)18-8-6-17-7-9-18/h3-5,12,14,17H,6-11,13H2,1-2H3. The van der Waals surface area contributed by atoms with E-state index in [9.17, 15) is 0 Å². The first-order valence-corrected chi connectivity index (χ1v) is 7.52. The van der Waals surface area contributed by atoms with Crippen LogP contribution in [0.25, 0.3) is 0 Å². The number of nitrogens with zero attached hydrogens (tertiary/aromatic N) is 1. The highest BCUT2D eigenvalue weighted by Gasteiger charge is 2.10. The van der Waals surface area contributed by atoms with Crippen LogP contribution < -0.4 is 15.0 Å². The topological polar surface area (TPSA) is 33.7 Å². The Morgan fingerprint density at radius 2 is 2.00 bits per heavy atom. The number of ether oxygens (including phenoxy) is 2. The van der Waals surface area contributed by atoms with Crippen molar-refractivity contribution < 1.29 is 9.47 Å². The fourth-order valence-electron chi connectivity index (χ4n) is 2.23. The van der Waals surface area contributed by atoms with Crippen molar-refractivity contribution in [1.82, 2.24) is 5.32 Å². The molecule has 4 nitrogen and oxygen atoms in total. The highest BCUT2D eigenvalue weighted by Crippen LogP contribution is 2.21. The SMILES string of the molecule is CC(C)COCCOc1cccc(N2CCNCC2)c1. The van der Waals surface area contributed by atoms with E-state index in [1.54, 1.807) is 0 Å². The monoisotopic (exact) mass is 278 g/mol. The number of piperazine rings is 1. The molecule has 0 amide bonds. The van der Waals surface area contributed by atoms with Crippen LogP contribution in [0.15, 0.2) is 24.3 Å². The molecule has 20 heavy (non-hydrogen) atoms. The summed E-state index contributed by atoms with van der Waals surface area (Å²) < 4.78 is 11.3. The third-order valence-electron chi connectivity index (χ3n) is 3.25. The molecular weight excluding hydrogens is 252 g/mol. The largest absolute Gasteiger partial charge is 0.491 e. The molecule has 0 atom stereocenters. The molecule has 0 unspecified atom stereocenters. The Bertz CT molecular complexity index is 390. The van der Waals surface area contributed by atoms with E-state index in [1.807, 2.05) is 6.07 Å². The lowest BCUT2D eigenvalue weighted by atomic mass is 10.2. The maximum Gasteiger partial charge on any atom is 0.121 e. The average Bonchev–Trinajstić information content (AvgIpc) is 2.48. The third-order valence-corrected chi connectivity index (χ3v) is 3.25. The number of anilines is 1. The van der Waals surface area contributed by atoms with Crippen LogP contribution in [0.3, 0.4) is 0 Å². The van der Waals surface area contributed by atoms with Crippen LogP contribution in [0, 0.1) is 5.92 Å². The van der Waals surface area contributed by atoms with Crippen molar-refractivity contribution >= 4 is 5.69 Å². The van der Waals surface area contributed by atoms with E-state index in [0.29, 0.717) is 19.1 Å². The minimum atomic E-state index is 0.575. The molecule has 0 aliphatic carbocycles. The minimum absolute atomic E-state index is 0.575. The fraction of sp³-hybridized carbons (Fsp3) is 0.625. The maximum absolute atomic E-state index is 5.75. The Hall–Kier alpha value is -1.26. The highest BCUT2D eigenvalue weighted by molar-refractivity contribution is 5.51. The summed E-state index contributed by atoms with van der Waals surface area (Å²) in [5.41, 5.74) is 1.24. The first kappa shape index (κ1) is 15.1. The number of hydrogen-bond acceptors (Lipinski definition) is 4. The number of rotatable bonds is 7. The lowest BCUT2D eigenvalue weighted by Gasteiger charge is -2.29. The van der Waals surface area contributed by atoms with Crippen LogP contribution in [-0.4, -0.2) is 46.0 Å². The summed E-state index contributed by atoms with van der Waals surface area (Å²) in [5, 5.41) is 3.37. The maximum atomic E-state index is 5.75. The van der Waals surface area contributed by atoms with Crippen LogP contribution in [0.1, 0.15) is 13.8 Å². The van der Waals surface area contributed by atoms with Crippen molar-refractivity contribution in [1.29, 1.82) is 0 Å². The van der Waals surface area contributed by atoms with Gasteiger partial charge >= 0.3 is 0 Å². The Morgan fingerprint density at radius 3 is 2.75 bits per heavy atom. The van der Waals surface area contributed by atoms with Gasteiger partial charge in [-0.3, -0.25) is 0 Å². The zero-order chi connectivity index (χ0) is 14.2. The summed E-state index contributed by atoms with van der Waals surface area (Å²) in [6.45, 7) is 10.6. The van der Waals surface area contributed by atoms with E-state index in [2.05, 4.69) is 42.3 Å². The van der Waals surface area contributed by atoms with Crippen LogP contribution >= 0.6 is 0 Å². The molecule has 1 fully saturated rings. The zero-order valence-corrected chi connectivity index (χ0v) is 12.6. The molecule has 1 N–H and O–H groups in total. The van der Waals surface area contributed by atoms with Crippen molar-refractivity contribution in [3.8, 4) is 5.75 Å². The second-order valence-corrected chi connectivity index (χ2v) is 5.55. The van der Waals surface area contributed by atoms with Gasteiger partial charge in [-0.2, -0.15) is 0 Å². The van der Waals surface area contributed by atoms with E-state index in [-0.39, 0.29) is 0 Å². The van der Waals surface area contributed by atoms with Crippen LogP contribution in [0.2, 0.25) is 0 Å². The molecule has 0 spiro atoms. The smallest absolute Gasteiger partial charge is 0.121 e. The van der Waals surface area contributed by atoms with Gasteiger partial charge in [0.1, 0.15) is 12.4 Å². The normalized spacial score (nSPS) is 15.7. The summed E-state index contributed by atoms with van der Waals surface area (Å²) in [4.78, 5) is 2.39. The van der Waals surface area contributed by atoms with Gasteiger partial charge in [0.25, 0.3) is 0 Å². The molecule has 0 aromatic heterocycles. The summed E-state index contributed by atoms with van der Waals surface area (Å²) in [7, 11) is 0. The van der Waals surface area contributed by atoms with E-state index < -0.39 is 0 Å². The molecule has 1 aromatic carbocycles. The lowest BCUT2D eigenvalue weighted by Crippen LogP contribution is -2.43. The molecule has 1 saturated heterocycles.